The van der Waals surface area contributed by atoms with Crippen LogP contribution >= 0.6 is 0 Å². The maximum absolute atomic E-state index is 11.0. The van der Waals surface area contributed by atoms with E-state index >= 15 is 0 Å². The van der Waals surface area contributed by atoms with Crippen LogP contribution in [-0.4, -0.2) is 17.1 Å². The summed E-state index contributed by atoms with van der Waals surface area (Å²) in [6.07, 6.45) is 3.22. The molecule has 2 N–H and O–H groups in total. The summed E-state index contributed by atoms with van der Waals surface area (Å²) in [4.78, 5) is 11.0. The van der Waals surface area contributed by atoms with Gasteiger partial charge >= 0.3 is 5.97 Å². The number of aromatic carboxylic acids is 1. The summed E-state index contributed by atoms with van der Waals surface area (Å²) < 4.78 is 0. The Morgan fingerprint density at radius 2 is 1.82 bits per heavy atom. The number of hydrogen-bond donors (Lipinski definition) is 2. The molecule has 2 rings (SSSR count). The zero-order valence-corrected chi connectivity index (χ0v) is 13.0. The number of nitrogens with one attached hydrogen (secondary N) is 1. The molecule has 0 bridgehead atoms. The first-order valence-corrected chi connectivity index (χ1v) is 7.78. The second kappa shape index (κ2) is 8.35. The molecule has 1 atom stereocenters. The molecule has 0 fully saturated rings. The van der Waals surface area contributed by atoms with Crippen LogP contribution in [0.1, 0.15) is 41.3 Å². The highest BCUT2D eigenvalue weighted by Crippen LogP contribution is 2.10. The van der Waals surface area contributed by atoms with Crippen molar-refractivity contribution < 1.29 is 9.90 Å². The number of rotatable bonds is 8. The Morgan fingerprint density at radius 3 is 2.50 bits per heavy atom. The van der Waals surface area contributed by atoms with Crippen LogP contribution in [0.2, 0.25) is 0 Å². The van der Waals surface area contributed by atoms with Crippen LogP contribution < -0.4 is 5.32 Å². The van der Waals surface area contributed by atoms with Crippen molar-refractivity contribution in [2.75, 3.05) is 0 Å². The minimum Gasteiger partial charge on any atom is -0.478 e. The maximum Gasteiger partial charge on any atom is 0.335 e. The van der Waals surface area contributed by atoms with E-state index < -0.39 is 5.97 Å². The van der Waals surface area contributed by atoms with E-state index in [2.05, 4.69) is 36.5 Å². The Kier molecular flexibility index (Phi) is 6.16. The first-order chi connectivity index (χ1) is 10.7. The van der Waals surface area contributed by atoms with Gasteiger partial charge in [-0.1, -0.05) is 55.8 Å². The summed E-state index contributed by atoms with van der Waals surface area (Å²) >= 11 is 0. The summed E-state index contributed by atoms with van der Waals surface area (Å²) in [5.41, 5.74) is 2.68. The smallest absolute Gasteiger partial charge is 0.335 e. The average molecular weight is 297 g/mol. The van der Waals surface area contributed by atoms with Crippen molar-refractivity contribution >= 4 is 5.97 Å². The third-order valence-corrected chi connectivity index (χ3v) is 3.73. The highest BCUT2D eigenvalue weighted by Gasteiger charge is 2.09. The fourth-order valence-electron chi connectivity index (χ4n) is 2.60. The molecule has 2 aromatic carbocycles. The van der Waals surface area contributed by atoms with Gasteiger partial charge in [0.1, 0.15) is 0 Å². The van der Waals surface area contributed by atoms with E-state index in [1.54, 1.807) is 18.2 Å². The standard InChI is InChI=1S/C19H23NO2/c1-2-7-18(13-15-8-4-3-5-9-15)20-14-16-10-6-11-17(12-16)19(21)22/h3-6,8-12,18,20H,2,7,13-14H2,1H3,(H,21,22). The van der Waals surface area contributed by atoms with Crippen LogP contribution in [0.25, 0.3) is 0 Å². The second-order valence-electron chi connectivity index (χ2n) is 5.56. The predicted molar refractivity (Wildman–Crippen MR) is 89.1 cm³/mol. The quantitative estimate of drug-likeness (QED) is 0.777. The number of carboxylic acid groups (broad SMARTS) is 1. The molecule has 0 aliphatic carbocycles. The van der Waals surface area contributed by atoms with Crippen molar-refractivity contribution in [3.8, 4) is 0 Å². The molecule has 3 nitrogen and oxygen atoms in total. The topological polar surface area (TPSA) is 49.3 Å². The molecule has 2 aromatic rings. The zero-order chi connectivity index (χ0) is 15.8. The molecular formula is C19H23NO2. The summed E-state index contributed by atoms with van der Waals surface area (Å²) in [5, 5.41) is 12.6. The highest BCUT2D eigenvalue weighted by atomic mass is 16.4. The van der Waals surface area contributed by atoms with Crippen molar-refractivity contribution in [2.24, 2.45) is 0 Å². The average Bonchev–Trinajstić information content (AvgIpc) is 2.54. The minimum absolute atomic E-state index is 0.342. The summed E-state index contributed by atoms with van der Waals surface area (Å²) in [5.74, 6) is -0.878. The molecular weight excluding hydrogens is 274 g/mol. The van der Waals surface area contributed by atoms with Gasteiger partial charge in [-0.25, -0.2) is 4.79 Å². The highest BCUT2D eigenvalue weighted by molar-refractivity contribution is 5.87. The molecule has 0 aliphatic heterocycles. The third kappa shape index (κ3) is 5.01. The lowest BCUT2D eigenvalue weighted by molar-refractivity contribution is 0.0696. The number of carboxylic acids is 1. The Hall–Kier alpha value is -2.13. The fraction of sp³-hybridized carbons (Fsp3) is 0.316. The molecule has 116 valence electrons. The molecule has 0 radical (unpaired) electrons. The molecule has 22 heavy (non-hydrogen) atoms. The van der Waals surface area contributed by atoms with E-state index in [-0.39, 0.29) is 0 Å². The molecule has 0 amide bonds. The fourth-order valence-corrected chi connectivity index (χ4v) is 2.60. The van der Waals surface area contributed by atoms with E-state index in [4.69, 9.17) is 5.11 Å². The SMILES string of the molecule is CCCC(Cc1ccccc1)NCc1cccc(C(=O)O)c1. The van der Waals surface area contributed by atoms with E-state index in [9.17, 15) is 4.79 Å². The summed E-state index contributed by atoms with van der Waals surface area (Å²) in [6.45, 7) is 2.88. The van der Waals surface area contributed by atoms with E-state index in [0.29, 0.717) is 18.2 Å². The summed E-state index contributed by atoms with van der Waals surface area (Å²) in [6, 6.07) is 18.0. The molecule has 0 saturated carbocycles. The molecule has 0 aliphatic rings. The Balaban J connectivity index is 1.96. The van der Waals surface area contributed by atoms with Gasteiger partial charge < -0.3 is 10.4 Å². The van der Waals surface area contributed by atoms with Gasteiger partial charge in [-0.05, 0) is 36.1 Å². The second-order valence-corrected chi connectivity index (χ2v) is 5.56. The summed E-state index contributed by atoms with van der Waals surface area (Å²) in [7, 11) is 0. The van der Waals surface area contributed by atoms with Crippen LogP contribution in [0.5, 0.6) is 0 Å². The molecule has 0 heterocycles. The molecule has 3 heteroatoms. The van der Waals surface area contributed by atoms with E-state index in [1.165, 1.54) is 5.56 Å². The number of hydrogen-bond acceptors (Lipinski definition) is 2. The van der Waals surface area contributed by atoms with Gasteiger partial charge in [0.25, 0.3) is 0 Å². The molecule has 0 aromatic heterocycles. The lowest BCUT2D eigenvalue weighted by Gasteiger charge is -2.18. The lowest BCUT2D eigenvalue weighted by atomic mass is 10.0. The largest absolute Gasteiger partial charge is 0.478 e. The molecule has 1 unspecified atom stereocenters. The molecule has 0 saturated heterocycles. The van der Waals surface area contributed by atoms with Crippen molar-refractivity contribution in [2.45, 2.75) is 38.8 Å². The van der Waals surface area contributed by atoms with Gasteiger partial charge in [0.15, 0.2) is 0 Å². The lowest BCUT2D eigenvalue weighted by Crippen LogP contribution is -2.30. The Morgan fingerprint density at radius 1 is 1.09 bits per heavy atom. The first-order valence-electron chi connectivity index (χ1n) is 7.78. The van der Waals surface area contributed by atoms with E-state index in [0.717, 1.165) is 24.8 Å². The predicted octanol–water partition coefficient (Wildman–Crippen LogP) is 3.89. The number of carbonyl (C=O) groups is 1. The monoisotopic (exact) mass is 297 g/mol. The molecule has 0 spiro atoms. The van der Waals surface area contributed by atoms with Gasteiger partial charge in [-0.15, -0.1) is 0 Å². The van der Waals surface area contributed by atoms with Crippen LogP contribution in [0.4, 0.5) is 0 Å². The zero-order valence-electron chi connectivity index (χ0n) is 13.0. The minimum atomic E-state index is -0.878. The Labute approximate surface area is 132 Å². The van der Waals surface area contributed by atoms with Crippen LogP contribution in [-0.2, 0) is 13.0 Å². The maximum atomic E-state index is 11.0. The van der Waals surface area contributed by atoms with Gasteiger partial charge in [0.2, 0.25) is 0 Å². The third-order valence-electron chi connectivity index (χ3n) is 3.73. The number of benzene rings is 2. The van der Waals surface area contributed by atoms with Crippen LogP contribution in [0, 0.1) is 0 Å². The van der Waals surface area contributed by atoms with Crippen molar-refractivity contribution in [3.63, 3.8) is 0 Å². The van der Waals surface area contributed by atoms with Gasteiger partial charge in [0.05, 0.1) is 5.56 Å². The van der Waals surface area contributed by atoms with Gasteiger partial charge in [0, 0.05) is 12.6 Å². The van der Waals surface area contributed by atoms with Gasteiger partial charge in [-0.3, -0.25) is 0 Å². The van der Waals surface area contributed by atoms with E-state index in [1.807, 2.05) is 12.1 Å². The first kappa shape index (κ1) is 16.2. The van der Waals surface area contributed by atoms with Crippen molar-refractivity contribution in [3.05, 3.63) is 71.3 Å². The van der Waals surface area contributed by atoms with Crippen molar-refractivity contribution in [1.82, 2.24) is 5.32 Å². The van der Waals surface area contributed by atoms with Crippen molar-refractivity contribution in [1.29, 1.82) is 0 Å². The van der Waals surface area contributed by atoms with Crippen LogP contribution in [0.3, 0.4) is 0 Å². The Bertz CT molecular complexity index is 595. The normalized spacial score (nSPS) is 12.0. The van der Waals surface area contributed by atoms with Gasteiger partial charge in [-0.2, -0.15) is 0 Å². The van der Waals surface area contributed by atoms with Crippen LogP contribution in [0.15, 0.2) is 54.6 Å².